The average molecular weight is 441 g/mol. The lowest BCUT2D eigenvalue weighted by Gasteiger charge is -2.19. The second-order valence-electron chi connectivity index (χ2n) is 7.07. The predicted molar refractivity (Wildman–Crippen MR) is 126 cm³/mol. The molecule has 0 saturated heterocycles. The number of hydrogen-bond donors (Lipinski definition) is 2. The zero-order valence-corrected chi connectivity index (χ0v) is 18.9. The summed E-state index contributed by atoms with van der Waals surface area (Å²) in [6.07, 6.45) is 3.38. The lowest BCUT2D eigenvalue weighted by atomic mass is 10.1. The number of anilines is 1. The molecule has 0 unspecified atom stereocenters. The molecular formula is C23H28N4O3S. The van der Waals surface area contributed by atoms with Gasteiger partial charge in [-0.25, -0.2) is 4.98 Å². The molecule has 2 amide bonds. The van der Waals surface area contributed by atoms with E-state index < -0.39 is 6.04 Å². The first-order valence-corrected chi connectivity index (χ1v) is 11.7. The molecule has 0 aliphatic heterocycles. The van der Waals surface area contributed by atoms with Crippen molar-refractivity contribution in [3.8, 4) is 5.75 Å². The van der Waals surface area contributed by atoms with Crippen LogP contribution >= 0.6 is 11.8 Å². The van der Waals surface area contributed by atoms with Crippen LogP contribution in [-0.4, -0.2) is 46.5 Å². The van der Waals surface area contributed by atoms with Gasteiger partial charge in [-0.2, -0.15) is 11.8 Å². The summed E-state index contributed by atoms with van der Waals surface area (Å²) >= 11 is 1.62. The third-order valence-corrected chi connectivity index (χ3v) is 5.56. The first kappa shape index (κ1) is 22.7. The minimum Gasteiger partial charge on any atom is -0.496 e. The van der Waals surface area contributed by atoms with Crippen molar-refractivity contribution in [1.29, 1.82) is 0 Å². The minimum atomic E-state index is -0.695. The molecule has 2 N–H and O–H groups in total. The van der Waals surface area contributed by atoms with E-state index in [9.17, 15) is 9.59 Å². The van der Waals surface area contributed by atoms with Gasteiger partial charge >= 0.3 is 0 Å². The van der Waals surface area contributed by atoms with Crippen LogP contribution in [0.2, 0.25) is 0 Å². The number of hydrogen-bond acceptors (Lipinski definition) is 5. The van der Waals surface area contributed by atoms with Crippen molar-refractivity contribution in [1.82, 2.24) is 14.9 Å². The number of thioether (sulfide) groups is 1. The number of carbonyl (C=O) groups excluding carboxylic acids is 2. The van der Waals surface area contributed by atoms with Gasteiger partial charge in [0.25, 0.3) is 5.91 Å². The van der Waals surface area contributed by atoms with Crippen LogP contribution in [0.1, 0.15) is 30.1 Å². The number of carbonyl (C=O) groups is 2. The fourth-order valence-corrected chi connectivity index (χ4v) is 3.86. The molecule has 1 atom stereocenters. The van der Waals surface area contributed by atoms with Gasteiger partial charge in [0.2, 0.25) is 11.9 Å². The van der Waals surface area contributed by atoms with Gasteiger partial charge in [0.05, 0.1) is 23.7 Å². The van der Waals surface area contributed by atoms with Crippen LogP contribution in [0.25, 0.3) is 11.0 Å². The highest BCUT2D eigenvalue weighted by Gasteiger charge is 2.24. The van der Waals surface area contributed by atoms with Gasteiger partial charge < -0.3 is 14.6 Å². The molecule has 2 aromatic carbocycles. The standard InChI is InChI=1S/C23H28N4O3S/c1-4-14-27-19-11-7-6-10-17(19)25-23(27)26-22(29)18(13-15-31-3)24-21(28)16-9-5-8-12-20(16)30-2/h5-12,18H,4,13-15H2,1-3H3,(H,24,28)(H,25,26,29)/t18-/m0/s1. The van der Waals surface area contributed by atoms with Gasteiger partial charge in [-0.3, -0.25) is 14.9 Å². The maximum absolute atomic E-state index is 13.2. The first-order valence-electron chi connectivity index (χ1n) is 10.3. The van der Waals surface area contributed by atoms with E-state index in [2.05, 4.69) is 22.5 Å². The zero-order valence-electron chi connectivity index (χ0n) is 18.1. The van der Waals surface area contributed by atoms with Crippen LogP contribution in [0.15, 0.2) is 48.5 Å². The molecule has 164 valence electrons. The van der Waals surface area contributed by atoms with Gasteiger partial charge in [0, 0.05) is 6.54 Å². The summed E-state index contributed by atoms with van der Waals surface area (Å²) in [6, 6.07) is 14.1. The molecular weight excluding hydrogens is 412 g/mol. The van der Waals surface area contributed by atoms with Crippen LogP contribution in [0, 0.1) is 0 Å². The molecule has 0 spiro atoms. The number of methoxy groups -OCH3 is 1. The fraction of sp³-hybridized carbons (Fsp3) is 0.348. The van der Waals surface area contributed by atoms with Crippen LogP contribution in [0.3, 0.4) is 0 Å². The summed E-state index contributed by atoms with van der Waals surface area (Å²) in [4.78, 5) is 30.6. The van der Waals surface area contributed by atoms with Crippen molar-refractivity contribution in [3.05, 3.63) is 54.1 Å². The number of nitrogens with zero attached hydrogens (tertiary/aromatic N) is 2. The van der Waals surface area contributed by atoms with Crippen LogP contribution in [0.5, 0.6) is 5.75 Å². The van der Waals surface area contributed by atoms with Crippen molar-refractivity contribution in [2.45, 2.75) is 32.4 Å². The molecule has 8 heteroatoms. The molecule has 7 nitrogen and oxygen atoms in total. The van der Waals surface area contributed by atoms with E-state index in [1.54, 1.807) is 36.0 Å². The van der Waals surface area contributed by atoms with E-state index in [4.69, 9.17) is 4.74 Å². The fourth-order valence-electron chi connectivity index (χ4n) is 3.39. The Morgan fingerprint density at radius 2 is 1.90 bits per heavy atom. The lowest BCUT2D eigenvalue weighted by Crippen LogP contribution is -2.44. The highest BCUT2D eigenvalue weighted by molar-refractivity contribution is 7.98. The highest BCUT2D eigenvalue weighted by Crippen LogP contribution is 2.21. The van der Waals surface area contributed by atoms with Crippen molar-refractivity contribution in [3.63, 3.8) is 0 Å². The molecule has 0 radical (unpaired) electrons. The average Bonchev–Trinajstić information content (AvgIpc) is 3.13. The largest absolute Gasteiger partial charge is 0.496 e. The topological polar surface area (TPSA) is 85.2 Å². The molecule has 0 aliphatic rings. The Morgan fingerprint density at radius 1 is 1.16 bits per heavy atom. The van der Waals surface area contributed by atoms with Gasteiger partial charge in [-0.15, -0.1) is 0 Å². The molecule has 3 rings (SSSR count). The maximum Gasteiger partial charge on any atom is 0.255 e. The number of imidazole rings is 1. The number of rotatable bonds is 10. The highest BCUT2D eigenvalue weighted by atomic mass is 32.2. The number of aryl methyl sites for hydroxylation is 1. The van der Waals surface area contributed by atoms with E-state index in [1.165, 1.54) is 7.11 Å². The van der Waals surface area contributed by atoms with Crippen LogP contribution in [-0.2, 0) is 11.3 Å². The van der Waals surface area contributed by atoms with Crippen molar-refractivity contribution < 1.29 is 14.3 Å². The van der Waals surface area contributed by atoms with E-state index in [0.717, 1.165) is 29.8 Å². The summed E-state index contributed by atoms with van der Waals surface area (Å²) in [5.74, 6) is 1.06. The number of nitrogens with one attached hydrogen (secondary N) is 2. The summed E-state index contributed by atoms with van der Waals surface area (Å²) in [5, 5.41) is 5.80. The number of aromatic nitrogens is 2. The number of para-hydroxylation sites is 3. The second kappa shape index (κ2) is 10.9. The van der Waals surface area contributed by atoms with Gasteiger partial charge in [-0.1, -0.05) is 31.2 Å². The van der Waals surface area contributed by atoms with Crippen molar-refractivity contribution >= 4 is 40.6 Å². The van der Waals surface area contributed by atoms with E-state index in [-0.39, 0.29) is 11.8 Å². The summed E-state index contributed by atoms with van der Waals surface area (Å²) in [5.41, 5.74) is 2.19. The lowest BCUT2D eigenvalue weighted by molar-refractivity contribution is -0.118. The Bertz CT molecular complexity index is 1050. The second-order valence-corrected chi connectivity index (χ2v) is 8.06. The number of benzene rings is 2. The Balaban J connectivity index is 1.82. The van der Waals surface area contributed by atoms with Gasteiger partial charge in [-0.05, 0) is 49.1 Å². The van der Waals surface area contributed by atoms with Crippen LogP contribution in [0.4, 0.5) is 5.95 Å². The summed E-state index contributed by atoms with van der Waals surface area (Å²) in [7, 11) is 1.52. The normalized spacial score (nSPS) is 11.8. The van der Waals surface area contributed by atoms with E-state index in [1.807, 2.05) is 35.1 Å². The van der Waals surface area contributed by atoms with Crippen molar-refractivity contribution in [2.75, 3.05) is 24.4 Å². The third kappa shape index (κ3) is 5.38. The molecule has 0 saturated carbocycles. The monoisotopic (exact) mass is 440 g/mol. The summed E-state index contributed by atoms with van der Waals surface area (Å²) in [6.45, 7) is 2.81. The molecule has 1 aromatic heterocycles. The third-order valence-electron chi connectivity index (χ3n) is 4.92. The van der Waals surface area contributed by atoms with Crippen molar-refractivity contribution in [2.24, 2.45) is 0 Å². The zero-order chi connectivity index (χ0) is 22.2. The summed E-state index contributed by atoms with van der Waals surface area (Å²) < 4.78 is 7.28. The Kier molecular flexibility index (Phi) is 7.94. The number of amides is 2. The number of fused-ring (bicyclic) bond motifs is 1. The Hall–Kier alpha value is -3.00. The number of ether oxygens (including phenoxy) is 1. The predicted octanol–water partition coefficient (Wildman–Crippen LogP) is 3.95. The van der Waals surface area contributed by atoms with Gasteiger partial charge in [0.15, 0.2) is 0 Å². The molecule has 3 aromatic rings. The first-order chi connectivity index (χ1) is 15.1. The van der Waals surface area contributed by atoms with E-state index in [0.29, 0.717) is 23.7 Å². The van der Waals surface area contributed by atoms with Crippen LogP contribution < -0.4 is 15.4 Å². The quantitative estimate of drug-likeness (QED) is 0.499. The molecule has 0 fully saturated rings. The molecule has 1 heterocycles. The Labute approximate surface area is 186 Å². The SMILES string of the molecule is CCCn1c(NC(=O)[C@H](CCSC)NC(=O)c2ccccc2OC)nc2ccccc21. The molecule has 0 bridgehead atoms. The minimum absolute atomic E-state index is 0.287. The van der Waals surface area contributed by atoms with E-state index >= 15 is 0 Å². The molecule has 0 aliphatic carbocycles. The maximum atomic E-state index is 13.2. The van der Waals surface area contributed by atoms with Gasteiger partial charge in [0.1, 0.15) is 11.8 Å². The Morgan fingerprint density at radius 3 is 2.65 bits per heavy atom. The smallest absolute Gasteiger partial charge is 0.255 e. The molecule has 31 heavy (non-hydrogen) atoms.